The third-order valence-corrected chi connectivity index (χ3v) is 4.74. The Morgan fingerprint density at radius 1 is 1.11 bits per heavy atom. The normalized spacial score (nSPS) is 15.9. The van der Waals surface area contributed by atoms with Crippen LogP contribution in [0.2, 0.25) is 0 Å². The van der Waals surface area contributed by atoms with Crippen molar-refractivity contribution in [3.05, 3.63) is 65.8 Å². The molecule has 0 bridgehead atoms. The molecule has 1 aliphatic heterocycles. The van der Waals surface area contributed by atoms with E-state index < -0.39 is 35.2 Å². The highest BCUT2D eigenvalue weighted by Crippen LogP contribution is 2.30. The van der Waals surface area contributed by atoms with E-state index in [4.69, 9.17) is 0 Å². The van der Waals surface area contributed by atoms with E-state index in [1.165, 1.54) is 12.3 Å². The number of halogens is 4. The predicted octanol–water partition coefficient (Wildman–Crippen LogP) is 3.70. The van der Waals surface area contributed by atoms with Gasteiger partial charge in [0.15, 0.2) is 17.5 Å². The first-order valence-electron chi connectivity index (χ1n) is 8.54. The summed E-state index contributed by atoms with van der Waals surface area (Å²) in [5, 5.41) is 6.72. The largest absolute Gasteiger partial charge is 0.326 e. The Labute approximate surface area is 157 Å². The van der Waals surface area contributed by atoms with Gasteiger partial charge in [0.2, 0.25) is 11.9 Å². The highest BCUT2D eigenvalue weighted by Gasteiger charge is 2.28. The number of aryl methyl sites for hydroxylation is 1. The molecule has 1 unspecified atom stereocenters. The van der Waals surface area contributed by atoms with Crippen molar-refractivity contribution in [1.82, 2.24) is 14.8 Å². The highest BCUT2D eigenvalue weighted by molar-refractivity contribution is 5.93. The topological polar surface area (TPSA) is 59.8 Å². The molecular weight excluding hydrogens is 376 g/mol. The third kappa shape index (κ3) is 3.35. The van der Waals surface area contributed by atoms with Crippen molar-refractivity contribution >= 4 is 11.6 Å². The van der Waals surface area contributed by atoms with Crippen LogP contribution in [0.5, 0.6) is 0 Å². The van der Waals surface area contributed by atoms with Crippen molar-refractivity contribution in [2.75, 3.05) is 5.32 Å². The molecule has 0 fully saturated rings. The lowest BCUT2D eigenvalue weighted by atomic mass is 9.92. The lowest BCUT2D eigenvalue weighted by Gasteiger charge is -2.23. The summed E-state index contributed by atoms with van der Waals surface area (Å²) in [4.78, 5) is 16.2. The Morgan fingerprint density at radius 2 is 1.86 bits per heavy atom. The number of fused-ring (bicyclic) bond motifs is 1. The van der Waals surface area contributed by atoms with Crippen molar-refractivity contribution in [1.29, 1.82) is 0 Å². The summed E-state index contributed by atoms with van der Waals surface area (Å²) in [6.07, 6.45) is 3.84. The molecule has 4 rings (SSSR count). The van der Waals surface area contributed by atoms with Gasteiger partial charge in [-0.15, -0.1) is 0 Å². The van der Waals surface area contributed by atoms with E-state index in [1.807, 2.05) is 0 Å². The molecule has 0 aliphatic carbocycles. The van der Waals surface area contributed by atoms with Crippen molar-refractivity contribution < 1.29 is 22.4 Å². The Hall–Kier alpha value is -3.23. The van der Waals surface area contributed by atoms with E-state index in [-0.39, 0.29) is 5.69 Å². The first kappa shape index (κ1) is 18.1. The van der Waals surface area contributed by atoms with E-state index >= 15 is 0 Å². The van der Waals surface area contributed by atoms with Crippen LogP contribution in [0, 0.1) is 29.3 Å². The van der Waals surface area contributed by atoms with Crippen molar-refractivity contribution in [2.24, 2.45) is 5.92 Å². The van der Waals surface area contributed by atoms with Gasteiger partial charge in [0.1, 0.15) is 0 Å². The summed E-state index contributed by atoms with van der Waals surface area (Å²) in [5.41, 5.74) is 2.05. The number of rotatable bonds is 3. The molecule has 1 N–H and O–H groups in total. The van der Waals surface area contributed by atoms with Crippen LogP contribution < -0.4 is 5.32 Å². The van der Waals surface area contributed by atoms with Crippen LogP contribution in [0.1, 0.15) is 12.1 Å². The lowest BCUT2D eigenvalue weighted by molar-refractivity contribution is -0.120. The summed E-state index contributed by atoms with van der Waals surface area (Å²) < 4.78 is 54.6. The highest BCUT2D eigenvalue weighted by atomic mass is 19.2. The van der Waals surface area contributed by atoms with Gasteiger partial charge in [-0.2, -0.15) is 9.49 Å². The average molecular weight is 390 g/mol. The minimum Gasteiger partial charge on any atom is -0.326 e. The number of nitrogens with one attached hydrogen (secondary N) is 1. The Balaban J connectivity index is 1.54. The van der Waals surface area contributed by atoms with E-state index in [0.29, 0.717) is 24.9 Å². The number of hydrogen-bond donors (Lipinski definition) is 1. The maximum atomic E-state index is 13.3. The van der Waals surface area contributed by atoms with Gasteiger partial charge in [0.05, 0.1) is 6.20 Å². The number of pyridine rings is 1. The van der Waals surface area contributed by atoms with Crippen LogP contribution >= 0.6 is 0 Å². The van der Waals surface area contributed by atoms with Crippen LogP contribution in [0.25, 0.3) is 11.1 Å². The molecular formula is C19H14F4N4O. The molecule has 0 saturated carbocycles. The zero-order valence-electron chi connectivity index (χ0n) is 14.4. The van der Waals surface area contributed by atoms with E-state index in [0.717, 1.165) is 23.4 Å². The van der Waals surface area contributed by atoms with Crippen LogP contribution in [-0.4, -0.2) is 20.7 Å². The van der Waals surface area contributed by atoms with Gasteiger partial charge in [-0.1, -0.05) is 0 Å². The van der Waals surface area contributed by atoms with E-state index in [1.54, 1.807) is 16.9 Å². The minimum absolute atomic E-state index is 0.150. The number of amides is 1. The van der Waals surface area contributed by atoms with Gasteiger partial charge < -0.3 is 5.32 Å². The summed E-state index contributed by atoms with van der Waals surface area (Å²) in [6.45, 7) is 0.480. The molecule has 1 aliphatic rings. The molecule has 144 valence electrons. The van der Waals surface area contributed by atoms with Crippen LogP contribution in [0.4, 0.5) is 23.2 Å². The fraction of sp³-hybridized carbons (Fsp3) is 0.211. The van der Waals surface area contributed by atoms with Crippen molar-refractivity contribution in [3.63, 3.8) is 0 Å². The smallest absolute Gasteiger partial charge is 0.227 e. The summed E-state index contributed by atoms with van der Waals surface area (Å²) in [5.74, 6) is -5.82. The van der Waals surface area contributed by atoms with Gasteiger partial charge in [-0.25, -0.2) is 18.2 Å². The Bertz CT molecular complexity index is 1030. The second-order valence-corrected chi connectivity index (χ2v) is 6.53. The number of hydrogen-bond acceptors (Lipinski definition) is 3. The zero-order chi connectivity index (χ0) is 19.8. The maximum Gasteiger partial charge on any atom is 0.227 e. The third-order valence-electron chi connectivity index (χ3n) is 4.74. The van der Waals surface area contributed by atoms with Gasteiger partial charge in [-0.05, 0) is 18.6 Å². The lowest BCUT2D eigenvalue weighted by Crippen LogP contribution is -2.30. The van der Waals surface area contributed by atoms with Crippen molar-refractivity contribution in [2.45, 2.75) is 19.4 Å². The zero-order valence-corrected chi connectivity index (χ0v) is 14.4. The Morgan fingerprint density at radius 3 is 2.54 bits per heavy atom. The SMILES string of the molecule is O=C(Nc1cc(F)c(F)c(F)c1)C1CCn2ncc(-c3ccc(F)nc3)c2C1. The van der Waals surface area contributed by atoms with E-state index in [2.05, 4.69) is 15.4 Å². The monoisotopic (exact) mass is 390 g/mol. The van der Waals surface area contributed by atoms with Crippen LogP contribution in [-0.2, 0) is 17.8 Å². The van der Waals surface area contributed by atoms with Gasteiger partial charge in [0, 0.05) is 59.7 Å². The molecule has 3 aromatic rings. The number of anilines is 1. The molecule has 0 radical (unpaired) electrons. The quantitative estimate of drug-likeness (QED) is 0.422. The van der Waals surface area contributed by atoms with E-state index in [9.17, 15) is 22.4 Å². The number of benzene rings is 1. The molecule has 1 atom stereocenters. The predicted molar refractivity (Wildman–Crippen MR) is 92.2 cm³/mol. The molecule has 1 amide bonds. The molecule has 2 aromatic heterocycles. The van der Waals surface area contributed by atoms with Gasteiger partial charge in [-0.3, -0.25) is 9.48 Å². The second kappa shape index (κ2) is 7.06. The molecule has 0 saturated heterocycles. The molecule has 28 heavy (non-hydrogen) atoms. The Kier molecular flexibility index (Phi) is 4.58. The van der Waals surface area contributed by atoms with Crippen molar-refractivity contribution in [3.8, 4) is 11.1 Å². The molecule has 9 heteroatoms. The summed E-state index contributed by atoms with van der Waals surface area (Å²) >= 11 is 0. The number of nitrogens with zero attached hydrogens (tertiary/aromatic N) is 3. The number of carbonyl (C=O) groups excluding carboxylic acids is 1. The molecule has 5 nitrogen and oxygen atoms in total. The molecule has 1 aromatic carbocycles. The van der Waals surface area contributed by atoms with Crippen LogP contribution in [0.3, 0.4) is 0 Å². The number of carbonyl (C=O) groups is 1. The fourth-order valence-corrected chi connectivity index (χ4v) is 3.30. The summed E-state index contributed by atoms with van der Waals surface area (Å²) in [6, 6.07) is 4.29. The summed E-state index contributed by atoms with van der Waals surface area (Å²) in [7, 11) is 0. The fourth-order valence-electron chi connectivity index (χ4n) is 3.30. The van der Waals surface area contributed by atoms with Crippen LogP contribution in [0.15, 0.2) is 36.7 Å². The molecule has 3 heterocycles. The minimum atomic E-state index is -1.59. The van der Waals surface area contributed by atoms with Gasteiger partial charge >= 0.3 is 0 Å². The second-order valence-electron chi connectivity index (χ2n) is 6.53. The number of aromatic nitrogens is 3. The average Bonchev–Trinajstić information content (AvgIpc) is 3.10. The van der Waals surface area contributed by atoms with Gasteiger partial charge in [0.25, 0.3) is 0 Å². The first-order valence-corrected chi connectivity index (χ1v) is 8.54. The first-order chi connectivity index (χ1) is 13.4. The molecule has 0 spiro atoms. The maximum absolute atomic E-state index is 13.3. The standard InChI is InChI=1S/C19H14F4N4O/c20-14-6-12(7-15(21)18(14)23)26-19(28)10-3-4-27-16(5-10)13(9-25-27)11-1-2-17(22)24-8-11/h1-2,6-10H,3-5H2,(H,26,28).